The van der Waals surface area contributed by atoms with E-state index in [1.807, 2.05) is 24.3 Å². The van der Waals surface area contributed by atoms with Crippen LogP contribution in [0, 0.1) is 11.7 Å². The molecular weight excluding hydrogens is 365 g/mol. The molecule has 2 heterocycles. The highest BCUT2D eigenvalue weighted by molar-refractivity contribution is 6.30. The fourth-order valence-corrected chi connectivity index (χ4v) is 4.85. The maximum Gasteiger partial charge on any atom is 0.142 e. The fraction of sp³-hybridized carbons (Fsp3) is 0.455. The van der Waals surface area contributed by atoms with E-state index in [1.54, 1.807) is 12.1 Å². The number of aliphatic hydroxyl groups is 1. The average molecular weight is 390 g/mol. The SMILES string of the molecule is OC(COc1ccc(Cl)cc1)N1C2CCC1CC(Cc1ccc(F)cc1)C2. The Morgan fingerprint density at radius 3 is 2.30 bits per heavy atom. The van der Waals surface area contributed by atoms with Crippen molar-refractivity contribution in [3.05, 3.63) is 64.9 Å². The topological polar surface area (TPSA) is 32.7 Å². The lowest BCUT2D eigenvalue weighted by atomic mass is 9.85. The number of hydrogen-bond donors (Lipinski definition) is 1. The van der Waals surface area contributed by atoms with Crippen molar-refractivity contribution in [1.29, 1.82) is 0 Å². The fourth-order valence-electron chi connectivity index (χ4n) is 4.72. The molecule has 0 saturated carbocycles. The van der Waals surface area contributed by atoms with E-state index in [0.717, 1.165) is 37.9 Å². The Balaban J connectivity index is 1.33. The Morgan fingerprint density at radius 1 is 1.04 bits per heavy atom. The van der Waals surface area contributed by atoms with Gasteiger partial charge < -0.3 is 9.84 Å². The Kier molecular flexibility index (Phi) is 5.67. The van der Waals surface area contributed by atoms with Crippen LogP contribution in [0.2, 0.25) is 5.02 Å². The number of halogens is 2. The molecule has 2 bridgehead atoms. The molecule has 0 aliphatic carbocycles. The zero-order valence-corrected chi connectivity index (χ0v) is 16.0. The molecule has 3 unspecified atom stereocenters. The van der Waals surface area contributed by atoms with E-state index in [4.69, 9.17) is 16.3 Å². The predicted molar refractivity (Wildman–Crippen MR) is 104 cm³/mol. The summed E-state index contributed by atoms with van der Waals surface area (Å²) in [6, 6.07) is 14.9. The molecule has 144 valence electrons. The molecular formula is C22H25ClFNO2. The molecule has 0 amide bonds. The van der Waals surface area contributed by atoms with Crippen molar-refractivity contribution in [2.24, 2.45) is 5.92 Å². The number of fused-ring (bicyclic) bond motifs is 2. The summed E-state index contributed by atoms with van der Waals surface area (Å²) in [5, 5.41) is 11.4. The van der Waals surface area contributed by atoms with Crippen LogP contribution in [-0.4, -0.2) is 34.9 Å². The van der Waals surface area contributed by atoms with E-state index in [2.05, 4.69) is 4.90 Å². The van der Waals surface area contributed by atoms with Gasteiger partial charge >= 0.3 is 0 Å². The summed E-state index contributed by atoms with van der Waals surface area (Å²) >= 11 is 5.89. The number of rotatable bonds is 6. The first kappa shape index (κ1) is 18.7. The van der Waals surface area contributed by atoms with E-state index in [9.17, 15) is 9.50 Å². The number of aliphatic hydroxyl groups excluding tert-OH is 1. The zero-order valence-electron chi connectivity index (χ0n) is 15.2. The van der Waals surface area contributed by atoms with Crippen LogP contribution < -0.4 is 4.74 Å². The number of nitrogens with zero attached hydrogens (tertiary/aromatic N) is 1. The van der Waals surface area contributed by atoms with E-state index < -0.39 is 6.23 Å². The Bertz CT molecular complexity index is 738. The lowest BCUT2D eigenvalue weighted by Gasteiger charge is -2.41. The summed E-state index contributed by atoms with van der Waals surface area (Å²) in [7, 11) is 0. The van der Waals surface area contributed by atoms with E-state index in [-0.39, 0.29) is 12.4 Å². The number of benzene rings is 2. The third kappa shape index (κ3) is 4.45. The van der Waals surface area contributed by atoms with Gasteiger partial charge in [-0.15, -0.1) is 0 Å². The highest BCUT2D eigenvalue weighted by atomic mass is 35.5. The van der Waals surface area contributed by atoms with Crippen molar-refractivity contribution in [1.82, 2.24) is 4.90 Å². The lowest BCUT2D eigenvalue weighted by Crippen LogP contribution is -2.51. The standard InChI is InChI=1S/C22H25ClFNO2/c23-17-3-9-21(10-4-17)27-14-22(26)25-19-7-8-20(25)13-16(12-19)11-15-1-5-18(24)6-2-15/h1-6,9-10,16,19-20,22,26H,7-8,11-14H2. The Hall–Kier alpha value is -1.62. The second kappa shape index (κ2) is 8.17. The molecule has 2 aromatic rings. The maximum atomic E-state index is 13.1. The molecule has 3 atom stereocenters. The molecule has 1 N–H and O–H groups in total. The summed E-state index contributed by atoms with van der Waals surface area (Å²) in [5.41, 5.74) is 1.20. The first-order chi connectivity index (χ1) is 13.1. The monoisotopic (exact) mass is 389 g/mol. The molecule has 2 aliphatic heterocycles. The largest absolute Gasteiger partial charge is 0.489 e. The second-order valence-electron chi connectivity index (χ2n) is 7.75. The minimum Gasteiger partial charge on any atom is -0.489 e. The van der Waals surface area contributed by atoms with Crippen LogP contribution in [0.5, 0.6) is 5.75 Å². The molecule has 0 spiro atoms. The quantitative estimate of drug-likeness (QED) is 0.779. The van der Waals surface area contributed by atoms with Crippen LogP contribution >= 0.6 is 11.6 Å². The van der Waals surface area contributed by atoms with Gasteiger partial charge in [0, 0.05) is 17.1 Å². The summed E-state index contributed by atoms with van der Waals surface area (Å²) in [6.45, 7) is 0.261. The number of ether oxygens (including phenoxy) is 1. The minimum atomic E-state index is -0.593. The van der Waals surface area contributed by atoms with Crippen LogP contribution in [0.3, 0.4) is 0 Å². The van der Waals surface area contributed by atoms with E-state index >= 15 is 0 Å². The molecule has 2 fully saturated rings. The molecule has 2 aliphatic rings. The molecule has 2 saturated heterocycles. The maximum absolute atomic E-state index is 13.1. The van der Waals surface area contributed by atoms with E-state index in [0.29, 0.717) is 23.0 Å². The number of hydrogen-bond acceptors (Lipinski definition) is 3. The predicted octanol–water partition coefficient (Wildman–Crippen LogP) is 4.66. The Labute approximate surface area is 164 Å². The van der Waals surface area contributed by atoms with Crippen LogP contribution in [-0.2, 0) is 6.42 Å². The normalized spacial score (nSPS) is 26.1. The van der Waals surface area contributed by atoms with Gasteiger partial charge in [0.15, 0.2) is 0 Å². The minimum absolute atomic E-state index is 0.183. The molecule has 0 aromatic heterocycles. The summed E-state index contributed by atoms with van der Waals surface area (Å²) in [5.74, 6) is 1.13. The Morgan fingerprint density at radius 2 is 1.67 bits per heavy atom. The van der Waals surface area contributed by atoms with Gasteiger partial charge in [0.05, 0.1) is 0 Å². The highest BCUT2D eigenvalue weighted by Gasteiger charge is 2.43. The van der Waals surface area contributed by atoms with Crippen LogP contribution in [0.4, 0.5) is 4.39 Å². The summed E-state index contributed by atoms with van der Waals surface area (Å²) < 4.78 is 18.8. The first-order valence-electron chi connectivity index (χ1n) is 9.67. The molecule has 0 radical (unpaired) electrons. The van der Waals surface area contributed by atoms with Gasteiger partial charge in [-0.05, 0) is 80.0 Å². The van der Waals surface area contributed by atoms with Gasteiger partial charge in [-0.2, -0.15) is 0 Å². The third-order valence-corrected chi connectivity index (χ3v) is 6.13. The lowest BCUT2D eigenvalue weighted by molar-refractivity contribution is -0.0774. The summed E-state index contributed by atoms with van der Waals surface area (Å²) in [6.07, 6.45) is 4.80. The smallest absolute Gasteiger partial charge is 0.142 e. The van der Waals surface area contributed by atoms with Crippen LogP contribution in [0.1, 0.15) is 31.2 Å². The van der Waals surface area contributed by atoms with Crippen LogP contribution in [0.25, 0.3) is 0 Å². The van der Waals surface area contributed by atoms with Crippen LogP contribution in [0.15, 0.2) is 48.5 Å². The molecule has 27 heavy (non-hydrogen) atoms. The van der Waals surface area contributed by atoms with E-state index in [1.165, 1.54) is 17.7 Å². The van der Waals surface area contributed by atoms with Gasteiger partial charge in [-0.1, -0.05) is 23.7 Å². The molecule has 5 heteroatoms. The van der Waals surface area contributed by atoms with Crippen molar-refractivity contribution in [2.45, 2.75) is 50.4 Å². The third-order valence-electron chi connectivity index (χ3n) is 5.88. The van der Waals surface area contributed by atoms with Crippen molar-refractivity contribution >= 4 is 11.6 Å². The summed E-state index contributed by atoms with van der Waals surface area (Å²) in [4.78, 5) is 2.25. The van der Waals surface area contributed by atoms with Gasteiger partial charge in [-0.25, -0.2) is 4.39 Å². The van der Waals surface area contributed by atoms with Crippen molar-refractivity contribution < 1.29 is 14.2 Å². The average Bonchev–Trinajstić information content (AvgIpc) is 2.94. The number of piperidine rings is 1. The second-order valence-corrected chi connectivity index (χ2v) is 8.18. The van der Waals surface area contributed by atoms with Crippen molar-refractivity contribution in [2.75, 3.05) is 6.61 Å². The van der Waals surface area contributed by atoms with Gasteiger partial charge in [0.2, 0.25) is 0 Å². The highest BCUT2D eigenvalue weighted by Crippen LogP contribution is 2.40. The van der Waals surface area contributed by atoms with Crippen molar-refractivity contribution in [3.63, 3.8) is 0 Å². The molecule has 4 rings (SSSR count). The molecule has 2 aromatic carbocycles. The van der Waals surface area contributed by atoms with Gasteiger partial charge in [-0.3, -0.25) is 4.90 Å². The first-order valence-corrected chi connectivity index (χ1v) is 10.0. The van der Waals surface area contributed by atoms with Gasteiger partial charge in [0.1, 0.15) is 24.4 Å². The molecule has 3 nitrogen and oxygen atoms in total. The van der Waals surface area contributed by atoms with Crippen molar-refractivity contribution in [3.8, 4) is 5.75 Å². The van der Waals surface area contributed by atoms with Gasteiger partial charge in [0.25, 0.3) is 0 Å². The zero-order chi connectivity index (χ0) is 18.8.